The number of aryl methyl sites for hydroxylation is 1. The van der Waals surface area contributed by atoms with Gasteiger partial charge in [-0.05, 0) is 68.8 Å². The van der Waals surface area contributed by atoms with Gasteiger partial charge in [-0.1, -0.05) is 30.3 Å². The fourth-order valence-electron chi connectivity index (χ4n) is 4.31. The Morgan fingerprint density at radius 3 is 2.77 bits per heavy atom. The topological polar surface area (TPSA) is 72.4 Å². The van der Waals surface area contributed by atoms with Gasteiger partial charge < -0.3 is 19.9 Å². The van der Waals surface area contributed by atoms with Crippen LogP contribution in [0.4, 0.5) is 0 Å². The molecule has 2 aromatic rings. The molecule has 160 valence electrons. The maximum absolute atomic E-state index is 13.0. The molecule has 1 aromatic heterocycles. The largest absolute Gasteiger partial charge is 0.373 e. The fraction of sp³-hybridized carbons (Fsp3) is 0.500. The lowest BCUT2D eigenvalue weighted by atomic mass is 9.89. The molecule has 6 heteroatoms. The molecule has 4 rings (SSSR count). The van der Waals surface area contributed by atoms with Crippen molar-refractivity contribution >= 4 is 5.91 Å². The van der Waals surface area contributed by atoms with Crippen molar-refractivity contribution in [3.05, 3.63) is 69.6 Å². The van der Waals surface area contributed by atoms with Crippen molar-refractivity contribution in [1.29, 1.82) is 0 Å². The average Bonchev–Trinajstić information content (AvgIpc) is 2.73. The second-order valence-corrected chi connectivity index (χ2v) is 8.60. The van der Waals surface area contributed by atoms with Gasteiger partial charge in [-0.15, -0.1) is 0 Å². The molecule has 2 fully saturated rings. The zero-order chi connectivity index (χ0) is 20.9. The van der Waals surface area contributed by atoms with Gasteiger partial charge in [-0.3, -0.25) is 9.59 Å². The molecule has 2 N–H and O–H groups in total. The number of ether oxygens (including phenoxy) is 1. The molecule has 1 aromatic carbocycles. The van der Waals surface area contributed by atoms with Crippen molar-refractivity contribution in [2.75, 3.05) is 13.1 Å². The van der Waals surface area contributed by atoms with Gasteiger partial charge in [0.2, 0.25) is 0 Å². The molecule has 2 heterocycles. The first-order chi connectivity index (χ1) is 14.6. The number of hydrogen-bond acceptors (Lipinski definition) is 4. The average molecular weight is 410 g/mol. The minimum absolute atomic E-state index is 0.0632. The lowest BCUT2D eigenvalue weighted by Crippen LogP contribution is -2.49. The minimum atomic E-state index is -0.264. The van der Waals surface area contributed by atoms with Crippen LogP contribution in [0.2, 0.25) is 0 Å². The number of nitrogens with one attached hydrogen (secondary N) is 2. The lowest BCUT2D eigenvalue weighted by Gasteiger charge is -2.35. The Bertz CT molecular complexity index is 913. The summed E-state index contributed by atoms with van der Waals surface area (Å²) >= 11 is 0. The third-order valence-corrected chi connectivity index (χ3v) is 6.21. The van der Waals surface area contributed by atoms with E-state index in [2.05, 4.69) is 10.6 Å². The van der Waals surface area contributed by atoms with Gasteiger partial charge >= 0.3 is 0 Å². The Labute approximate surface area is 177 Å². The summed E-state index contributed by atoms with van der Waals surface area (Å²) in [6.45, 7) is 5.05. The van der Waals surface area contributed by atoms with Gasteiger partial charge in [-0.25, -0.2) is 0 Å². The number of hydrogen-bond donors (Lipinski definition) is 2. The van der Waals surface area contributed by atoms with Crippen molar-refractivity contribution in [2.45, 2.75) is 57.9 Å². The predicted octanol–water partition coefficient (Wildman–Crippen LogP) is 2.63. The quantitative estimate of drug-likeness (QED) is 0.737. The Morgan fingerprint density at radius 1 is 1.23 bits per heavy atom. The molecule has 1 unspecified atom stereocenters. The predicted molar refractivity (Wildman–Crippen MR) is 117 cm³/mol. The van der Waals surface area contributed by atoms with Gasteiger partial charge in [0.15, 0.2) is 0 Å². The van der Waals surface area contributed by atoms with E-state index in [1.807, 2.05) is 49.5 Å². The normalized spacial score (nSPS) is 23.6. The number of carbonyl (C=O) groups is 1. The van der Waals surface area contributed by atoms with Crippen LogP contribution in [-0.2, 0) is 17.9 Å². The summed E-state index contributed by atoms with van der Waals surface area (Å²) in [5.41, 5.74) is 1.97. The number of carbonyl (C=O) groups excluding carboxylic acids is 1. The van der Waals surface area contributed by atoms with Crippen LogP contribution in [0.3, 0.4) is 0 Å². The Balaban J connectivity index is 1.31. The summed E-state index contributed by atoms with van der Waals surface area (Å²) in [6, 6.07) is 12.0. The van der Waals surface area contributed by atoms with Crippen molar-refractivity contribution < 1.29 is 9.53 Å². The SMILES string of the molecule is Cc1ccn(CC2CCCNC2)c(=O)c1C(=O)NC1CC(OCc2ccccc2)C1. The van der Waals surface area contributed by atoms with E-state index in [4.69, 9.17) is 4.74 Å². The van der Waals surface area contributed by atoms with E-state index in [0.717, 1.165) is 49.9 Å². The number of benzene rings is 1. The smallest absolute Gasteiger partial charge is 0.263 e. The van der Waals surface area contributed by atoms with Crippen molar-refractivity contribution in [1.82, 2.24) is 15.2 Å². The molecule has 6 nitrogen and oxygen atoms in total. The van der Waals surface area contributed by atoms with Crippen LogP contribution in [0.5, 0.6) is 0 Å². The number of pyridine rings is 1. The Hall–Kier alpha value is -2.44. The Kier molecular flexibility index (Phi) is 6.65. The van der Waals surface area contributed by atoms with Gasteiger partial charge in [0, 0.05) is 18.8 Å². The maximum Gasteiger partial charge on any atom is 0.263 e. The first kappa shape index (κ1) is 20.8. The van der Waals surface area contributed by atoms with E-state index in [0.29, 0.717) is 19.1 Å². The van der Waals surface area contributed by atoms with Gasteiger partial charge in [0.1, 0.15) is 5.56 Å². The summed E-state index contributed by atoms with van der Waals surface area (Å²) in [4.78, 5) is 25.8. The van der Waals surface area contributed by atoms with Crippen LogP contribution in [0, 0.1) is 12.8 Å². The van der Waals surface area contributed by atoms with Crippen molar-refractivity contribution in [3.8, 4) is 0 Å². The number of nitrogens with zero attached hydrogens (tertiary/aromatic N) is 1. The van der Waals surface area contributed by atoms with E-state index >= 15 is 0 Å². The highest BCUT2D eigenvalue weighted by Gasteiger charge is 2.32. The van der Waals surface area contributed by atoms with E-state index in [-0.39, 0.29) is 29.2 Å². The molecule has 1 saturated heterocycles. The zero-order valence-electron chi connectivity index (χ0n) is 17.6. The van der Waals surface area contributed by atoms with E-state index in [9.17, 15) is 9.59 Å². The Morgan fingerprint density at radius 2 is 2.03 bits per heavy atom. The zero-order valence-corrected chi connectivity index (χ0v) is 17.6. The standard InChI is InChI=1S/C24H31N3O3/c1-17-9-11-27(15-19-8-5-10-25-14-19)24(29)22(17)23(28)26-20-12-21(13-20)30-16-18-6-3-2-4-7-18/h2-4,6-7,9,11,19-21,25H,5,8,10,12-16H2,1H3,(H,26,28). The number of piperidine rings is 1. The number of aromatic nitrogens is 1. The van der Waals surface area contributed by atoms with Gasteiger partial charge in [0.05, 0.1) is 12.7 Å². The third-order valence-electron chi connectivity index (χ3n) is 6.21. The molecule has 0 radical (unpaired) electrons. The molecular weight excluding hydrogens is 378 g/mol. The van der Waals surface area contributed by atoms with Gasteiger partial charge in [0.25, 0.3) is 11.5 Å². The highest BCUT2D eigenvalue weighted by Crippen LogP contribution is 2.25. The molecular formula is C24H31N3O3. The summed E-state index contributed by atoms with van der Waals surface area (Å²) in [6.07, 6.45) is 5.79. The van der Waals surface area contributed by atoms with E-state index in [1.54, 1.807) is 4.57 Å². The van der Waals surface area contributed by atoms with Crippen LogP contribution >= 0.6 is 0 Å². The number of amides is 1. The molecule has 1 atom stereocenters. The van der Waals surface area contributed by atoms with Crippen molar-refractivity contribution in [3.63, 3.8) is 0 Å². The third kappa shape index (κ3) is 4.99. The summed E-state index contributed by atoms with van der Waals surface area (Å²) in [5, 5.41) is 6.41. The maximum atomic E-state index is 13.0. The minimum Gasteiger partial charge on any atom is -0.373 e. The van der Waals surface area contributed by atoms with E-state index in [1.165, 1.54) is 0 Å². The molecule has 0 spiro atoms. The summed E-state index contributed by atoms with van der Waals surface area (Å²) in [7, 11) is 0. The van der Waals surface area contributed by atoms with Gasteiger partial charge in [-0.2, -0.15) is 0 Å². The van der Waals surface area contributed by atoms with Crippen LogP contribution in [0.25, 0.3) is 0 Å². The molecule has 1 amide bonds. The van der Waals surface area contributed by atoms with Crippen LogP contribution in [-0.4, -0.2) is 35.7 Å². The molecule has 30 heavy (non-hydrogen) atoms. The summed E-state index contributed by atoms with van der Waals surface area (Å²) in [5.74, 6) is 0.171. The molecule has 1 saturated carbocycles. The highest BCUT2D eigenvalue weighted by molar-refractivity contribution is 5.95. The second-order valence-electron chi connectivity index (χ2n) is 8.60. The first-order valence-electron chi connectivity index (χ1n) is 11.0. The van der Waals surface area contributed by atoms with Crippen LogP contribution in [0.1, 0.15) is 47.2 Å². The first-order valence-corrected chi connectivity index (χ1v) is 11.0. The molecule has 1 aliphatic heterocycles. The molecule has 2 aliphatic rings. The van der Waals surface area contributed by atoms with Crippen LogP contribution in [0.15, 0.2) is 47.4 Å². The lowest BCUT2D eigenvalue weighted by molar-refractivity contribution is -0.0251. The highest BCUT2D eigenvalue weighted by atomic mass is 16.5. The number of rotatable bonds is 7. The second kappa shape index (κ2) is 9.58. The molecule has 1 aliphatic carbocycles. The monoisotopic (exact) mass is 409 g/mol. The summed E-state index contributed by atoms with van der Waals surface area (Å²) < 4.78 is 7.61. The van der Waals surface area contributed by atoms with E-state index < -0.39 is 0 Å². The van der Waals surface area contributed by atoms with Crippen molar-refractivity contribution in [2.24, 2.45) is 5.92 Å². The fourth-order valence-corrected chi connectivity index (χ4v) is 4.31. The van der Waals surface area contributed by atoms with Crippen LogP contribution < -0.4 is 16.2 Å². The molecule has 0 bridgehead atoms.